The summed E-state index contributed by atoms with van der Waals surface area (Å²) in [5.41, 5.74) is 2.71. The molecule has 1 N–H and O–H groups in total. The summed E-state index contributed by atoms with van der Waals surface area (Å²) >= 11 is 12.1. The van der Waals surface area contributed by atoms with Crippen molar-refractivity contribution in [1.29, 1.82) is 0 Å². The minimum absolute atomic E-state index is 0.210. The molecule has 0 radical (unpaired) electrons. The number of carbonyl (C=O) groups is 1. The van der Waals surface area contributed by atoms with Crippen LogP contribution in [0, 0.1) is 0 Å². The van der Waals surface area contributed by atoms with E-state index in [0.717, 1.165) is 23.2 Å². The monoisotopic (exact) mass is 413 g/mol. The smallest absolute Gasteiger partial charge is 0.248 e. The first-order chi connectivity index (χ1) is 13.5. The minimum Gasteiger partial charge on any atom is -0.457 e. The molecular formula is C23H21Cl2NO2. The van der Waals surface area contributed by atoms with E-state index < -0.39 is 0 Å². The number of nitrogens with one attached hydrogen (secondary N) is 1. The Kier molecular flexibility index (Phi) is 6.61. The van der Waals surface area contributed by atoms with Crippen LogP contribution >= 0.6 is 23.2 Å². The summed E-state index contributed by atoms with van der Waals surface area (Å²) in [5, 5.41) is 4.02. The van der Waals surface area contributed by atoms with Gasteiger partial charge >= 0.3 is 0 Å². The van der Waals surface area contributed by atoms with Crippen LogP contribution in [0.3, 0.4) is 0 Å². The van der Waals surface area contributed by atoms with Gasteiger partial charge in [-0.25, -0.2) is 0 Å². The second-order valence-electron chi connectivity index (χ2n) is 6.55. The Morgan fingerprint density at radius 1 is 1.14 bits per heavy atom. The molecule has 3 aromatic rings. The van der Waals surface area contributed by atoms with Crippen molar-refractivity contribution >= 4 is 40.9 Å². The van der Waals surface area contributed by atoms with Gasteiger partial charge in [0.2, 0.25) is 5.91 Å². The Balaban J connectivity index is 1.71. The van der Waals surface area contributed by atoms with E-state index in [1.54, 1.807) is 30.3 Å². The van der Waals surface area contributed by atoms with Crippen LogP contribution < -0.4 is 5.32 Å². The molecule has 5 heteroatoms. The summed E-state index contributed by atoms with van der Waals surface area (Å²) in [7, 11) is 0. The molecule has 144 valence electrons. The maximum absolute atomic E-state index is 12.3. The Morgan fingerprint density at radius 2 is 1.93 bits per heavy atom. The van der Waals surface area contributed by atoms with Gasteiger partial charge in [0.05, 0.1) is 5.02 Å². The molecule has 0 saturated heterocycles. The molecule has 1 atom stereocenters. The standard InChI is InChI=1S/C23H21Cl2NO2/c1-3-15(2)18-6-4-5-7-21(18)26-23(27)13-10-17-9-12-22(28-17)19-11-8-16(24)14-20(19)25/h4-15H,3H2,1-2H3,(H,26,27). The predicted octanol–water partition coefficient (Wildman–Crippen LogP) is 7.42. The van der Waals surface area contributed by atoms with Crippen molar-refractivity contribution in [2.75, 3.05) is 5.32 Å². The van der Waals surface area contributed by atoms with Gasteiger partial charge in [0.15, 0.2) is 0 Å². The van der Waals surface area contributed by atoms with Crippen molar-refractivity contribution in [3.63, 3.8) is 0 Å². The molecule has 3 nitrogen and oxygen atoms in total. The Hall–Kier alpha value is -2.49. The topological polar surface area (TPSA) is 42.2 Å². The number of carbonyl (C=O) groups excluding carboxylic acids is 1. The molecule has 2 aromatic carbocycles. The van der Waals surface area contributed by atoms with E-state index >= 15 is 0 Å². The van der Waals surface area contributed by atoms with Crippen LogP contribution in [-0.4, -0.2) is 5.91 Å². The summed E-state index contributed by atoms with van der Waals surface area (Å²) in [4.78, 5) is 12.3. The van der Waals surface area contributed by atoms with Crippen molar-refractivity contribution in [1.82, 2.24) is 0 Å². The molecule has 28 heavy (non-hydrogen) atoms. The lowest BCUT2D eigenvalue weighted by molar-refractivity contribution is -0.111. The molecule has 0 fully saturated rings. The van der Waals surface area contributed by atoms with Crippen LogP contribution in [-0.2, 0) is 4.79 Å². The first-order valence-electron chi connectivity index (χ1n) is 9.11. The highest BCUT2D eigenvalue weighted by molar-refractivity contribution is 6.36. The molecule has 1 unspecified atom stereocenters. The third kappa shape index (κ3) is 4.86. The van der Waals surface area contributed by atoms with Gasteiger partial charge in [0.1, 0.15) is 11.5 Å². The zero-order valence-corrected chi connectivity index (χ0v) is 17.2. The normalized spacial score (nSPS) is 12.3. The summed E-state index contributed by atoms with van der Waals surface area (Å²) in [6.45, 7) is 4.28. The molecule has 0 saturated carbocycles. The fourth-order valence-electron chi connectivity index (χ4n) is 2.87. The number of para-hydroxylation sites is 1. The third-order valence-corrected chi connectivity index (χ3v) is 5.13. The Morgan fingerprint density at radius 3 is 2.68 bits per heavy atom. The van der Waals surface area contributed by atoms with E-state index in [-0.39, 0.29) is 5.91 Å². The molecule has 1 amide bonds. The lowest BCUT2D eigenvalue weighted by Crippen LogP contribution is -2.10. The minimum atomic E-state index is -0.210. The molecule has 1 heterocycles. The number of anilines is 1. The van der Waals surface area contributed by atoms with Gasteiger partial charge in [-0.15, -0.1) is 0 Å². The van der Waals surface area contributed by atoms with E-state index in [4.69, 9.17) is 27.6 Å². The SMILES string of the molecule is CCC(C)c1ccccc1NC(=O)C=Cc1ccc(-c2ccc(Cl)cc2Cl)o1. The zero-order chi connectivity index (χ0) is 20.1. The highest BCUT2D eigenvalue weighted by atomic mass is 35.5. The van der Waals surface area contributed by atoms with Crippen molar-refractivity contribution in [2.45, 2.75) is 26.2 Å². The number of benzene rings is 2. The number of rotatable bonds is 6. The quantitative estimate of drug-likeness (QED) is 0.427. The van der Waals surface area contributed by atoms with Gasteiger partial charge in [0.25, 0.3) is 0 Å². The highest BCUT2D eigenvalue weighted by Gasteiger charge is 2.11. The van der Waals surface area contributed by atoms with Crippen LogP contribution in [0.2, 0.25) is 10.0 Å². The maximum atomic E-state index is 12.3. The lowest BCUT2D eigenvalue weighted by Gasteiger charge is -2.14. The summed E-state index contributed by atoms with van der Waals surface area (Å²) in [6.07, 6.45) is 4.10. The van der Waals surface area contributed by atoms with Crippen molar-refractivity contribution in [3.8, 4) is 11.3 Å². The molecule has 0 aliphatic carbocycles. The van der Waals surface area contributed by atoms with E-state index in [2.05, 4.69) is 19.2 Å². The van der Waals surface area contributed by atoms with Crippen LogP contribution in [0.5, 0.6) is 0 Å². The largest absolute Gasteiger partial charge is 0.457 e. The number of furan rings is 1. The zero-order valence-electron chi connectivity index (χ0n) is 15.7. The van der Waals surface area contributed by atoms with Gasteiger partial charge in [-0.05, 0) is 60.4 Å². The van der Waals surface area contributed by atoms with Crippen molar-refractivity contribution < 1.29 is 9.21 Å². The first-order valence-corrected chi connectivity index (χ1v) is 9.86. The van der Waals surface area contributed by atoms with Gasteiger partial charge in [-0.2, -0.15) is 0 Å². The van der Waals surface area contributed by atoms with Crippen LogP contribution in [0.1, 0.15) is 37.5 Å². The Labute approximate surface area is 175 Å². The molecular weight excluding hydrogens is 393 g/mol. The van der Waals surface area contributed by atoms with Gasteiger partial charge in [-0.3, -0.25) is 4.79 Å². The summed E-state index contributed by atoms with van der Waals surface area (Å²) in [5.74, 6) is 1.34. The molecule has 3 rings (SSSR count). The third-order valence-electron chi connectivity index (χ3n) is 4.58. The maximum Gasteiger partial charge on any atom is 0.248 e. The van der Waals surface area contributed by atoms with Crippen LogP contribution in [0.25, 0.3) is 17.4 Å². The summed E-state index contributed by atoms with van der Waals surface area (Å²) in [6, 6.07) is 16.7. The first kappa shape index (κ1) is 20.2. The van der Waals surface area contributed by atoms with Gasteiger partial charge in [0, 0.05) is 22.3 Å². The van der Waals surface area contributed by atoms with Gasteiger partial charge in [-0.1, -0.05) is 55.2 Å². The second-order valence-corrected chi connectivity index (χ2v) is 7.39. The predicted molar refractivity (Wildman–Crippen MR) is 117 cm³/mol. The van der Waals surface area contributed by atoms with Crippen molar-refractivity contribution in [2.24, 2.45) is 0 Å². The molecule has 1 aromatic heterocycles. The Bertz CT molecular complexity index is 1010. The number of halogens is 2. The van der Waals surface area contributed by atoms with Crippen LogP contribution in [0.15, 0.2) is 65.1 Å². The molecule has 0 aliphatic rings. The molecule has 0 aliphatic heterocycles. The number of hydrogen-bond donors (Lipinski definition) is 1. The van der Waals surface area contributed by atoms with E-state index in [1.807, 2.05) is 30.3 Å². The fourth-order valence-corrected chi connectivity index (χ4v) is 3.37. The fraction of sp³-hybridized carbons (Fsp3) is 0.174. The lowest BCUT2D eigenvalue weighted by atomic mass is 9.97. The van der Waals surface area contributed by atoms with E-state index in [1.165, 1.54) is 6.08 Å². The van der Waals surface area contributed by atoms with Crippen LogP contribution in [0.4, 0.5) is 5.69 Å². The van der Waals surface area contributed by atoms with E-state index in [9.17, 15) is 4.79 Å². The summed E-state index contributed by atoms with van der Waals surface area (Å²) < 4.78 is 5.78. The number of amides is 1. The molecule has 0 bridgehead atoms. The second kappa shape index (κ2) is 9.13. The average Bonchev–Trinajstić information content (AvgIpc) is 3.15. The van der Waals surface area contributed by atoms with Crippen molar-refractivity contribution in [3.05, 3.63) is 82.0 Å². The van der Waals surface area contributed by atoms with Gasteiger partial charge < -0.3 is 9.73 Å². The highest BCUT2D eigenvalue weighted by Crippen LogP contribution is 2.32. The molecule has 0 spiro atoms. The van der Waals surface area contributed by atoms with E-state index in [0.29, 0.717) is 27.5 Å². The average molecular weight is 414 g/mol. The number of hydrogen-bond acceptors (Lipinski definition) is 2.